The van der Waals surface area contributed by atoms with Gasteiger partial charge in [-0.2, -0.15) is 0 Å². The normalized spacial score (nSPS) is 9.55. The van der Waals surface area contributed by atoms with E-state index >= 15 is 0 Å². The zero-order valence-electron chi connectivity index (χ0n) is 20.1. The second-order valence-corrected chi connectivity index (χ2v) is 9.94. The fourth-order valence-electron chi connectivity index (χ4n) is 2.97. The van der Waals surface area contributed by atoms with Crippen molar-refractivity contribution in [2.75, 3.05) is 11.5 Å². The number of hydrogen-bond acceptors (Lipinski definition) is 2. The Balaban J connectivity index is -0.000000476. The predicted molar refractivity (Wildman–Crippen MR) is 146 cm³/mol. The number of hydrogen-bond donors (Lipinski definition) is 0. The standard InChI is InChI=1S/C15H24S.C11H16S.2CH4.He/c1-7-8-9-16-15-13(5)11(3)10(2)12(4)14(15)6;1-3-4-9-12-11-7-5-10(2)6-8-11;;;/h7-9H2,1-6H3;5-8H,3-4,9H2,1-2H3;2*1H4;. The third-order valence-electron chi connectivity index (χ3n) is 5.46. The Labute approximate surface area is 204 Å². The van der Waals surface area contributed by atoms with Crippen LogP contribution in [0.3, 0.4) is 0 Å². The maximum atomic E-state index is 2.27. The summed E-state index contributed by atoms with van der Waals surface area (Å²) in [4.78, 5) is 2.92. The zero-order chi connectivity index (χ0) is 21.1. The average molecular weight is 453 g/mol. The number of aryl methyl sites for hydroxylation is 1. The van der Waals surface area contributed by atoms with Gasteiger partial charge < -0.3 is 0 Å². The van der Waals surface area contributed by atoms with Crippen molar-refractivity contribution in [3.8, 4) is 0 Å². The fraction of sp³-hybridized carbons (Fsp3) is 0.571. The largest absolute Gasteiger partial charge is 0.126 e. The Morgan fingerprint density at radius 3 is 1.39 bits per heavy atom. The fourth-order valence-corrected chi connectivity index (χ4v) is 5.34. The van der Waals surface area contributed by atoms with E-state index in [-0.39, 0.29) is 21.0 Å². The number of thioether (sulfide) groups is 2. The molecule has 0 radical (unpaired) electrons. The summed E-state index contributed by atoms with van der Waals surface area (Å²) in [5.74, 6) is 2.50. The van der Waals surface area contributed by atoms with Crippen molar-refractivity contribution in [3.63, 3.8) is 0 Å². The monoisotopic (exact) mass is 452 g/mol. The van der Waals surface area contributed by atoms with Gasteiger partial charge in [0.15, 0.2) is 0 Å². The summed E-state index contributed by atoms with van der Waals surface area (Å²) < 4.78 is 0. The van der Waals surface area contributed by atoms with Gasteiger partial charge in [0.25, 0.3) is 0 Å². The van der Waals surface area contributed by atoms with Gasteiger partial charge in [-0.3, -0.25) is 0 Å². The first-order valence-electron chi connectivity index (χ1n) is 10.7. The minimum atomic E-state index is 0. The van der Waals surface area contributed by atoms with E-state index in [9.17, 15) is 0 Å². The molecule has 0 saturated carbocycles. The van der Waals surface area contributed by atoms with Crippen LogP contribution < -0.4 is 0 Å². The van der Waals surface area contributed by atoms with E-state index in [4.69, 9.17) is 0 Å². The third-order valence-corrected chi connectivity index (χ3v) is 7.96. The molecule has 0 bridgehead atoms. The van der Waals surface area contributed by atoms with Gasteiger partial charge in [-0.05, 0) is 106 Å². The maximum absolute atomic E-state index is 2.27. The SMILES string of the molecule is C.C.CCCCSc1c(C)c(C)c(C)c(C)c1C.CCCCSc1ccc(C)cc1.[He]. The Bertz CT molecular complexity index is 692. The summed E-state index contributed by atoms with van der Waals surface area (Å²) in [7, 11) is 0. The smallest absolute Gasteiger partial charge is 0.0136 e. The second-order valence-electron chi connectivity index (χ2n) is 7.67. The summed E-state index contributed by atoms with van der Waals surface area (Å²) in [6.45, 7) is 17.9. The van der Waals surface area contributed by atoms with E-state index in [0.717, 1.165) is 0 Å². The first-order valence-corrected chi connectivity index (χ1v) is 12.7. The van der Waals surface area contributed by atoms with Crippen molar-refractivity contribution in [2.24, 2.45) is 0 Å². The molecular formula is C28H48HeS2. The molecule has 2 aromatic rings. The molecule has 0 atom stereocenters. The van der Waals surface area contributed by atoms with Gasteiger partial charge >= 0.3 is 0 Å². The quantitative estimate of drug-likeness (QED) is 0.288. The molecule has 0 fully saturated rings. The molecule has 0 aliphatic heterocycles. The molecule has 0 heterocycles. The van der Waals surface area contributed by atoms with Crippen molar-refractivity contribution in [1.29, 1.82) is 0 Å². The van der Waals surface area contributed by atoms with E-state index in [1.165, 1.54) is 80.4 Å². The summed E-state index contributed by atoms with van der Waals surface area (Å²) in [5, 5.41) is 0. The first-order chi connectivity index (χ1) is 13.3. The molecule has 0 N–H and O–H groups in total. The molecule has 2 rings (SSSR count). The molecule has 0 nitrogen and oxygen atoms in total. The molecule has 174 valence electrons. The van der Waals surface area contributed by atoms with Crippen LogP contribution in [0.4, 0.5) is 0 Å². The predicted octanol–water partition coefficient (Wildman–Crippen LogP) is 10.3. The number of rotatable bonds is 8. The molecule has 0 aromatic heterocycles. The number of unbranched alkanes of at least 4 members (excludes halogenated alkanes) is 2. The molecule has 0 aliphatic carbocycles. The van der Waals surface area contributed by atoms with Crippen molar-refractivity contribution >= 4 is 23.5 Å². The maximum Gasteiger partial charge on any atom is 0.0136 e. The van der Waals surface area contributed by atoms with Gasteiger partial charge in [-0.15, -0.1) is 23.5 Å². The Morgan fingerprint density at radius 2 is 0.968 bits per heavy atom. The van der Waals surface area contributed by atoms with Gasteiger partial charge in [-0.1, -0.05) is 59.2 Å². The van der Waals surface area contributed by atoms with Crippen LogP contribution in [0.25, 0.3) is 0 Å². The minimum Gasteiger partial charge on any atom is -0.126 e. The summed E-state index contributed by atoms with van der Waals surface area (Å²) in [6, 6.07) is 8.76. The zero-order valence-corrected chi connectivity index (χ0v) is 21.7. The summed E-state index contributed by atoms with van der Waals surface area (Å²) in [6.07, 6.45) is 5.21. The second kappa shape index (κ2) is 18.6. The van der Waals surface area contributed by atoms with E-state index in [1.54, 1.807) is 0 Å². The molecule has 0 amide bonds. The Kier molecular flexibility index (Phi) is 20.8. The van der Waals surface area contributed by atoms with Crippen LogP contribution in [0.15, 0.2) is 34.1 Å². The van der Waals surface area contributed by atoms with Gasteiger partial charge in [0, 0.05) is 15.9 Å². The molecule has 0 unspecified atom stereocenters. The molecule has 31 heavy (non-hydrogen) atoms. The van der Waals surface area contributed by atoms with Crippen molar-refractivity contribution in [3.05, 3.63) is 57.6 Å². The molecular weight excluding hydrogens is 404 g/mol. The van der Waals surface area contributed by atoms with E-state index in [1.807, 2.05) is 23.5 Å². The van der Waals surface area contributed by atoms with Crippen molar-refractivity contribution in [1.82, 2.24) is 0 Å². The Morgan fingerprint density at radius 1 is 0.581 bits per heavy atom. The molecule has 3 heteroatoms. The average Bonchev–Trinajstić information content (AvgIpc) is 2.70. The molecule has 2 aromatic carbocycles. The van der Waals surface area contributed by atoms with Gasteiger partial charge in [0.1, 0.15) is 0 Å². The van der Waals surface area contributed by atoms with Crippen LogP contribution in [0.2, 0.25) is 0 Å². The van der Waals surface area contributed by atoms with Crippen LogP contribution in [-0.4, -0.2) is 11.5 Å². The van der Waals surface area contributed by atoms with Crippen LogP contribution in [0.5, 0.6) is 0 Å². The number of benzene rings is 2. The van der Waals surface area contributed by atoms with E-state index < -0.39 is 0 Å². The van der Waals surface area contributed by atoms with Crippen LogP contribution in [0.1, 0.15) is 87.8 Å². The van der Waals surface area contributed by atoms with Crippen LogP contribution >= 0.6 is 23.5 Å². The molecule has 0 aliphatic rings. The molecule has 0 saturated heterocycles. The summed E-state index contributed by atoms with van der Waals surface area (Å²) in [5.41, 5.74) is 8.73. The minimum absolute atomic E-state index is 0. The summed E-state index contributed by atoms with van der Waals surface area (Å²) >= 11 is 3.99. The Hall–Kier alpha value is -0.951. The molecule has 0 spiro atoms. The van der Waals surface area contributed by atoms with Crippen LogP contribution in [-0.2, 0) is 0 Å². The van der Waals surface area contributed by atoms with Crippen LogP contribution in [0, 0.1) is 47.7 Å². The first kappa shape index (κ1) is 34.7. The van der Waals surface area contributed by atoms with Crippen molar-refractivity contribution in [2.45, 2.75) is 106 Å². The van der Waals surface area contributed by atoms with Gasteiger partial charge in [0.2, 0.25) is 0 Å². The van der Waals surface area contributed by atoms with E-state index in [2.05, 4.69) is 79.7 Å². The van der Waals surface area contributed by atoms with Crippen molar-refractivity contribution < 1.29 is 6.15 Å². The third kappa shape index (κ3) is 11.5. The topological polar surface area (TPSA) is 0 Å². The van der Waals surface area contributed by atoms with Gasteiger partial charge in [0.05, 0.1) is 0 Å². The van der Waals surface area contributed by atoms with E-state index in [0.29, 0.717) is 0 Å². The van der Waals surface area contributed by atoms with Gasteiger partial charge in [-0.25, -0.2) is 0 Å².